The predicted molar refractivity (Wildman–Crippen MR) is 89.3 cm³/mol. The van der Waals surface area contributed by atoms with Crippen LogP contribution in [-0.4, -0.2) is 13.0 Å². The number of nitriles is 1. The van der Waals surface area contributed by atoms with Crippen LogP contribution in [0, 0.1) is 18.3 Å². The second-order valence-corrected chi connectivity index (χ2v) is 5.67. The Morgan fingerprint density at radius 2 is 2.27 bits per heavy atom. The molecule has 0 unspecified atom stereocenters. The van der Waals surface area contributed by atoms with Gasteiger partial charge in [-0.1, -0.05) is 11.6 Å². The number of methoxy groups -OCH3 is 1. The minimum absolute atomic E-state index is 0.0213. The molecule has 0 aliphatic heterocycles. The van der Waals surface area contributed by atoms with Gasteiger partial charge in [-0.3, -0.25) is 4.79 Å². The zero-order chi connectivity index (χ0) is 16.1. The van der Waals surface area contributed by atoms with E-state index < -0.39 is 5.91 Å². The van der Waals surface area contributed by atoms with Crippen LogP contribution in [0.25, 0.3) is 6.08 Å². The van der Waals surface area contributed by atoms with Crippen molar-refractivity contribution in [2.75, 3.05) is 12.4 Å². The Hall–Kier alpha value is -2.29. The van der Waals surface area contributed by atoms with Crippen molar-refractivity contribution in [1.82, 2.24) is 0 Å². The minimum Gasteiger partial charge on any atom is -0.495 e. The number of rotatable bonds is 4. The Bertz CT molecular complexity index is 761. The number of hydrogen-bond acceptors (Lipinski definition) is 4. The highest BCUT2D eigenvalue weighted by Gasteiger charge is 2.14. The highest BCUT2D eigenvalue weighted by molar-refractivity contribution is 7.08. The molecule has 0 atom stereocenters. The number of ether oxygens (including phenoxy) is 1. The number of nitrogens with one attached hydrogen (secondary N) is 1. The normalized spacial score (nSPS) is 10.9. The van der Waals surface area contributed by atoms with Crippen molar-refractivity contribution in [2.24, 2.45) is 0 Å². The molecule has 0 saturated carbocycles. The maximum Gasteiger partial charge on any atom is 0.266 e. The molecule has 0 spiro atoms. The van der Waals surface area contributed by atoms with Gasteiger partial charge in [0.2, 0.25) is 0 Å². The second kappa shape index (κ2) is 7.12. The van der Waals surface area contributed by atoms with Gasteiger partial charge in [0.05, 0.1) is 12.8 Å². The summed E-state index contributed by atoms with van der Waals surface area (Å²) in [5, 5.41) is 16.1. The van der Waals surface area contributed by atoms with E-state index in [-0.39, 0.29) is 5.57 Å². The van der Waals surface area contributed by atoms with E-state index in [1.54, 1.807) is 18.2 Å². The van der Waals surface area contributed by atoms with Crippen LogP contribution in [0.5, 0.6) is 5.75 Å². The lowest BCUT2D eigenvalue weighted by Crippen LogP contribution is -2.14. The molecule has 1 N–H and O–H groups in total. The number of carbonyl (C=O) groups is 1. The summed E-state index contributed by atoms with van der Waals surface area (Å²) >= 11 is 7.53. The number of halogens is 1. The second-order valence-electron chi connectivity index (χ2n) is 4.48. The lowest BCUT2D eigenvalue weighted by Gasteiger charge is -2.11. The van der Waals surface area contributed by atoms with Gasteiger partial charge in [-0.2, -0.15) is 16.6 Å². The molecule has 4 nitrogen and oxygen atoms in total. The van der Waals surface area contributed by atoms with Crippen molar-refractivity contribution in [2.45, 2.75) is 6.92 Å². The number of thiophene rings is 1. The number of amides is 1. The Labute approximate surface area is 137 Å². The van der Waals surface area contributed by atoms with Crippen LogP contribution in [0.15, 0.2) is 34.5 Å². The van der Waals surface area contributed by atoms with E-state index >= 15 is 0 Å². The molecule has 2 aromatic rings. The van der Waals surface area contributed by atoms with Gasteiger partial charge in [0.15, 0.2) is 0 Å². The third kappa shape index (κ3) is 3.67. The van der Waals surface area contributed by atoms with Crippen molar-refractivity contribution in [3.8, 4) is 11.8 Å². The molecule has 0 saturated heterocycles. The van der Waals surface area contributed by atoms with Crippen LogP contribution in [0.2, 0.25) is 5.02 Å². The van der Waals surface area contributed by atoms with Crippen molar-refractivity contribution >= 4 is 40.6 Å². The molecular weight excluding hydrogens is 320 g/mol. The highest BCUT2D eigenvalue weighted by atomic mass is 35.5. The number of nitrogens with zero attached hydrogens (tertiary/aromatic N) is 1. The largest absolute Gasteiger partial charge is 0.495 e. The van der Waals surface area contributed by atoms with Crippen LogP contribution in [0.3, 0.4) is 0 Å². The van der Waals surface area contributed by atoms with E-state index in [0.717, 1.165) is 11.1 Å². The molecule has 112 valence electrons. The molecule has 1 aromatic carbocycles. The van der Waals surface area contributed by atoms with Crippen LogP contribution >= 0.6 is 22.9 Å². The first-order valence-electron chi connectivity index (χ1n) is 6.34. The summed E-state index contributed by atoms with van der Waals surface area (Å²) in [5.74, 6) is -0.0505. The molecule has 1 aromatic heterocycles. The molecule has 1 heterocycles. The number of aryl methyl sites for hydroxylation is 1. The van der Waals surface area contributed by atoms with Crippen LogP contribution in [-0.2, 0) is 4.79 Å². The van der Waals surface area contributed by atoms with Gasteiger partial charge in [-0.15, -0.1) is 0 Å². The fourth-order valence-electron chi connectivity index (χ4n) is 1.79. The monoisotopic (exact) mass is 332 g/mol. The maximum absolute atomic E-state index is 12.2. The third-order valence-corrected chi connectivity index (χ3v) is 4.06. The van der Waals surface area contributed by atoms with Gasteiger partial charge in [-0.05, 0) is 47.0 Å². The topological polar surface area (TPSA) is 62.1 Å². The van der Waals surface area contributed by atoms with Crippen LogP contribution in [0.1, 0.15) is 11.1 Å². The molecular formula is C16H13ClN2O2S. The predicted octanol–water partition coefficient (Wildman–Crippen LogP) is 4.26. The molecule has 0 bridgehead atoms. The van der Waals surface area contributed by atoms with Gasteiger partial charge in [0, 0.05) is 11.1 Å². The zero-order valence-electron chi connectivity index (χ0n) is 12.0. The van der Waals surface area contributed by atoms with Gasteiger partial charge in [0.1, 0.15) is 17.4 Å². The zero-order valence-corrected chi connectivity index (χ0v) is 13.6. The Balaban J connectivity index is 2.28. The molecule has 6 heteroatoms. The number of hydrogen-bond donors (Lipinski definition) is 1. The van der Waals surface area contributed by atoms with E-state index in [9.17, 15) is 10.1 Å². The van der Waals surface area contributed by atoms with Crippen LogP contribution < -0.4 is 10.1 Å². The van der Waals surface area contributed by atoms with Gasteiger partial charge < -0.3 is 10.1 Å². The summed E-state index contributed by atoms with van der Waals surface area (Å²) in [6.07, 6.45) is 1.54. The first-order chi connectivity index (χ1) is 10.5. The molecule has 2 rings (SSSR count). The first kappa shape index (κ1) is 16.1. The highest BCUT2D eigenvalue weighted by Crippen LogP contribution is 2.31. The standard InChI is InChI=1S/C16H13ClN2O2S/c1-10-5-14(15(21-2)7-13(10)17)19-16(20)12(8-18)6-11-3-4-22-9-11/h3-7,9H,1-2H3,(H,19,20). The average Bonchev–Trinajstić information content (AvgIpc) is 3.01. The summed E-state index contributed by atoms with van der Waals surface area (Å²) < 4.78 is 5.20. The summed E-state index contributed by atoms with van der Waals surface area (Å²) in [7, 11) is 1.49. The Morgan fingerprint density at radius 1 is 1.50 bits per heavy atom. The lowest BCUT2D eigenvalue weighted by molar-refractivity contribution is -0.112. The molecule has 0 aliphatic carbocycles. The van der Waals surface area contributed by atoms with E-state index in [1.807, 2.05) is 29.8 Å². The first-order valence-corrected chi connectivity index (χ1v) is 7.66. The number of anilines is 1. The fraction of sp³-hybridized carbons (Fsp3) is 0.125. The quantitative estimate of drug-likeness (QED) is 0.672. The lowest BCUT2D eigenvalue weighted by atomic mass is 10.1. The van der Waals surface area contributed by atoms with Gasteiger partial charge >= 0.3 is 0 Å². The van der Waals surface area contributed by atoms with E-state index in [1.165, 1.54) is 18.4 Å². The molecule has 22 heavy (non-hydrogen) atoms. The van der Waals surface area contributed by atoms with E-state index in [0.29, 0.717) is 16.5 Å². The molecule has 0 aliphatic rings. The average molecular weight is 333 g/mol. The summed E-state index contributed by atoms with van der Waals surface area (Å²) in [4.78, 5) is 12.2. The summed E-state index contributed by atoms with van der Waals surface area (Å²) in [6.45, 7) is 1.82. The summed E-state index contributed by atoms with van der Waals surface area (Å²) in [5.41, 5.74) is 2.11. The van der Waals surface area contributed by atoms with Gasteiger partial charge in [-0.25, -0.2) is 0 Å². The van der Waals surface area contributed by atoms with Crippen LogP contribution in [0.4, 0.5) is 5.69 Å². The van der Waals surface area contributed by atoms with Crippen molar-refractivity contribution < 1.29 is 9.53 Å². The van der Waals surface area contributed by atoms with E-state index in [2.05, 4.69) is 5.32 Å². The van der Waals surface area contributed by atoms with Gasteiger partial charge in [0.25, 0.3) is 5.91 Å². The number of carbonyl (C=O) groups excluding carboxylic acids is 1. The summed E-state index contributed by atoms with van der Waals surface area (Å²) in [6, 6.07) is 7.08. The Kier molecular flexibility index (Phi) is 5.21. The molecule has 0 fully saturated rings. The van der Waals surface area contributed by atoms with Crippen molar-refractivity contribution in [3.05, 3.63) is 50.7 Å². The number of benzene rings is 1. The van der Waals surface area contributed by atoms with Crippen molar-refractivity contribution in [1.29, 1.82) is 5.26 Å². The fourth-order valence-corrected chi connectivity index (χ4v) is 2.56. The third-order valence-electron chi connectivity index (χ3n) is 2.95. The molecule has 1 amide bonds. The van der Waals surface area contributed by atoms with Crippen molar-refractivity contribution in [3.63, 3.8) is 0 Å². The molecule has 0 radical (unpaired) electrons. The minimum atomic E-state index is -0.492. The van der Waals surface area contributed by atoms with E-state index in [4.69, 9.17) is 16.3 Å². The Morgan fingerprint density at radius 3 is 2.86 bits per heavy atom. The smallest absolute Gasteiger partial charge is 0.266 e. The SMILES string of the molecule is COc1cc(Cl)c(C)cc1NC(=O)C(C#N)=Cc1ccsc1. The maximum atomic E-state index is 12.2.